The first-order valence-electron chi connectivity index (χ1n) is 5.29. The van der Waals surface area contributed by atoms with Crippen molar-refractivity contribution in [2.24, 2.45) is 14.1 Å². The second-order valence-corrected chi connectivity index (χ2v) is 3.89. The molecule has 1 N–H and O–H groups in total. The van der Waals surface area contributed by atoms with Crippen molar-refractivity contribution in [1.29, 1.82) is 0 Å². The summed E-state index contributed by atoms with van der Waals surface area (Å²) in [5.74, 6) is 0. The molecule has 0 saturated heterocycles. The van der Waals surface area contributed by atoms with E-state index >= 15 is 0 Å². The molecule has 0 atom stereocenters. The molecule has 0 spiro atoms. The number of hydrogen-bond acceptors (Lipinski definition) is 4. The number of imidazole rings is 1. The number of aliphatic hydroxyl groups excluding tert-OH is 1. The lowest BCUT2D eigenvalue weighted by Gasteiger charge is -2.07. The van der Waals surface area contributed by atoms with E-state index < -0.39 is 5.56 Å². The number of aryl methyl sites for hydroxylation is 2. The third kappa shape index (κ3) is 1.68. The Morgan fingerprint density at radius 3 is 2.65 bits per heavy atom. The lowest BCUT2D eigenvalue weighted by atomic mass is 10.4. The molecule has 2 rings (SSSR count). The first-order valence-corrected chi connectivity index (χ1v) is 5.29. The maximum atomic E-state index is 11.8. The molecule has 92 valence electrons. The molecule has 0 bridgehead atoms. The van der Waals surface area contributed by atoms with Gasteiger partial charge in [0, 0.05) is 27.2 Å². The molecular formula is C10H14N4O3. The molecule has 17 heavy (non-hydrogen) atoms. The molecule has 0 aliphatic heterocycles. The predicted molar refractivity (Wildman–Crippen MR) is 61.9 cm³/mol. The highest BCUT2D eigenvalue weighted by Gasteiger charge is 2.13. The molecule has 2 aromatic heterocycles. The van der Waals surface area contributed by atoms with E-state index in [0.29, 0.717) is 18.6 Å². The average Bonchev–Trinajstić information content (AvgIpc) is 2.75. The van der Waals surface area contributed by atoms with E-state index in [9.17, 15) is 9.59 Å². The van der Waals surface area contributed by atoms with E-state index in [2.05, 4.69) is 4.98 Å². The summed E-state index contributed by atoms with van der Waals surface area (Å²) in [7, 11) is 3.03. The fraction of sp³-hybridized carbons (Fsp3) is 0.500. The maximum Gasteiger partial charge on any atom is 0.332 e. The second kappa shape index (κ2) is 4.17. The molecule has 0 aliphatic carbocycles. The Bertz CT molecular complexity index is 664. The zero-order chi connectivity index (χ0) is 12.6. The lowest BCUT2D eigenvalue weighted by Crippen LogP contribution is -2.37. The van der Waals surface area contributed by atoms with Gasteiger partial charge in [-0.05, 0) is 6.42 Å². The summed E-state index contributed by atoms with van der Waals surface area (Å²) >= 11 is 0. The molecular weight excluding hydrogens is 224 g/mol. The van der Waals surface area contributed by atoms with Crippen LogP contribution < -0.4 is 11.2 Å². The monoisotopic (exact) mass is 238 g/mol. The van der Waals surface area contributed by atoms with Crippen molar-refractivity contribution < 1.29 is 5.11 Å². The van der Waals surface area contributed by atoms with E-state index in [4.69, 9.17) is 5.11 Å². The van der Waals surface area contributed by atoms with Crippen molar-refractivity contribution in [1.82, 2.24) is 18.7 Å². The van der Waals surface area contributed by atoms with Crippen LogP contribution in [-0.4, -0.2) is 30.4 Å². The molecule has 0 unspecified atom stereocenters. The van der Waals surface area contributed by atoms with Gasteiger partial charge in [0.2, 0.25) is 0 Å². The number of nitrogens with zero attached hydrogens (tertiary/aromatic N) is 4. The Kier molecular flexibility index (Phi) is 2.84. The van der Waals surface area contributed by atoms with Crippen LogP contribution in [0.5, 0.6) is 0 Å². The van der Waals surface area contributed by atoms with Gasteiger partial charge in [0.15, 0.2) is 5.52 Å². The van der Waals surface area contributed by atoms with Crippen molar-refractivity contribution in [3.8, 4) is 0 Å². The highest BCUT2D eigenvalue weighted by Crippen LogP contribution is 2.06. The van der Waals surface area contributed by atoms with Gasteiger partial charge in [0.25, 0.3) is 5.56 Å². The lowest BCUT2D eigenvalue weighted by molar-refractivity contribution is 0.280. The van der Waals surface area contributed by atoms with Crippen LogP contribution in [0.25, 0.3) is 11.2 Å². The summed E-state index contributed by atoms with van der Waals surface area (Å²) in [5, 5.41) is 8.79. The van der Waals surface area contributed by atoms with E-state index in [0.717, 1.165) is 4.57 Å². The normalized spacial score (nSPS) is 11.2. The fourth-order valence-corrected chi connectivity index (χ4v) is 1.84. The summed E-state index contributed by atoms with van der Waals surface area (Å²) in [6.45, 7) is 0.575. The van der Waals surface area contributed by atoms with Gasteiger partial charge in [-0.2, -0.15) is 0 Å². The molecule has 0 radical (unpaired) electrons. The molecule has 7 nitrogen and oxygen atoms in total. The molecule has 2 heterocycles. The van der Waals surface area contributed by atoms with Crippen LogP contribution in [0, 0.1) is 0 Å². The maximum absolute atomic E-state index is 11.8. The van der Waals surface area contributed by atoms with Gasteiger partial charge in [0.1, 0.15) is 5.65 Å². The third-order valence-corrected chi connectivity index (χ3v) is 2.77. The van der Waals surface area contributed by atoms with Crippen LogP contribution in [-0.2, 0) is 20.6 Å². The Hall–Kier alpha value is -1.89. The third-order valence-electron chi connectivity index (χ3n) is 2.77. The molecule has 0 fully saturated rings. The Labute approximate surface area is 96.6 Å². The van der Waals surface area contributed by atoms with Crippen LogP contribution in [0.1, 0.15) is 6.42 Å². The highest BCUT2D eigenvalue weighted by atomic mass is 16.3. The molecule has 0 aromatic carbocycles. The number of hydrogen-bond donors (Lipinski definition) is 1. The number of aromatic nitrogens is 4. The van der Waals surface area contributed by atoms with Crippen LogP contribution >= 0.6 is 0 Å². The Morgan fingerprint density at radius 2 is 2.00 bits per heavy atom. The van der Waals surface area contributed by atoms with E-state index in [1.165, 1.54) is 17.9 Å². The van der Waals surface area contributed by atoms with Crippen LogP contribution in [0.3, 0.4) is 0 Å². The van der Waals surface area contributed by atoms with Gasteiger partial charge < -0.3 is 9.67 Å². The minimum Gasteiger partial charge on any atom is -0.396 e. The number of aliphatic hydroxyl groups is 1. The van der Waals surface area contributed by atoms with Gasteiger partial charge in [-0.25, -0.2) is 9.78 Å². The number of fused-ring (bicyclic) bond motifs is 1. The fourth-order valence-electron chi connectivity index (χ4n) is 1.84. The van der Waals surface area contributed by atoms with Crippen LogP contribution in [0.2, 0.25) is 0 Å². The first kappa shape index (κ1) is 11.6. The van der Waals surface area contributed by atoms with Gasteiger partial charge in [-0.15, -0.1) is 0 Å². The first-order chi connectivity index (χ1) is 8.07. The predicted octanol–water partition coefficient (Wildman–Crippen LogP) is -1.18. The Balaban J connectivity index is 2.77. The SMILES string of the molecule is Cn1c(=O)c2ncn(CCCO)c2n(C)c1=O. The quantitative estimate of drug-likeness (QED) is 0.729. The van der Waals surface area contributed by atoms with Crippen LogP contribution in [0.4, 0.5) is 0 Å². The average molecular weight is 238 g/mol. The smallest absolute Gasteiger partial charge is 0.332 e. The van der Waals surface area contributed by atoms with E-state index in [1.807, 2.05) is 0 Å². The van der Waals surface area contributed by atoms with Gasteiger partial charge >= 0.3 is 5.69 Å². The summed E-state index contributed by atoms with van der Waals surface area (Å²) in [5.41, 5.74) is -0.0156. The largest absolute Gasteiger partial charge is 0.396 e. The summed E-state index contributed by atoms with van der Waals surface area (Å²) in [6.07, 6.45) is 2.07. The summed E-state index contributed by atoms with van der Waals surface area (Å²) < 4.78 is 4.13. The zero-order valence-electron chi connectivity index (χ0n) is 9.75. The molecule has 0 saturated carbocycles. The van der Waals surface area contributed by atoms with Crippen molar-refractivity contribution >= 4 is 11.2 Å². The minimum absolute atomic E-state index is 0.0540. The van der Waals surface area contributed by atoms with Gasteiger partial charge in [0.05, 0.1) is 6.33 Å². The van der Waals surface area contributed by atoms with Crippen molar-refractivity contribution in [3.63, 3.8) is 0 Å². The molecule has 0 amide bonds. The topological polar surface area (TPSA) is 82.0 Å². The highest BCUT2D eigenvalue weighted by molar-refractivity contribution is 5.69. The minimum atomic E-state index is -0.397. The molecule has 0 aliphatic rings. The number of rotatable bonds is 3. The summed E-state index contributed by atoms with van der Waals surface area (Å²) in [4.78, 5) is 27.6. The molecule has 7 heteroatoms. The zero-order valence-corrected chi connectivity index (χ0v) is 9.75. The summed E-state index contributed by atoms with van der Waals surface area (Å²) in [6, 6.07) is 0. The molecule has 2 aromatic rings. The van der Waals surface area contributed by atoms with E-state index in [1.54, 1.807) is 11.6 Å². The van der Waals surface area contributed by atoms with Crippen LogP contribution in [0.15, 0.2) is 15.9 Å². The van der Waals surface area contributed by atoms with E-state index in [-0.39, 0.29) is 17.8 Å². The van der Waals surface area contributed by atoms with Crippen molar-refractivity contribution in [2.45, 2.75) is 13.0 Å². The van der Waals surface area contributed by atoms with Gasteiger partial charge in [-0.1, -0.05) is 0 Å². The second-order valence-electron chi connectivity index (χ2n) is 3.89. The standard InChI is InChI=1S/C10H14N4O3/c1-12-8-7(9(16)13(2)10(12)17)11-6-14(8)4-3-5-15/h6,15H,3-5H2,1-2H3. The van der Waals surface area contributed by atoms with Crippen molar-refractivity contribution in [3.05, 3.63) is 27.2 Å². The van der Waals surface area contributed by atoms with Crippen molar-refractivity contribution in [2.75, 3.05) is 6.61 Å². The van der Waals surface area contributed by atoms with Gasteiger partial charge in [-0.3, -0.25) is 13.9 Å². The Morgan fingerprint density at radius 1 is 1.29 bits per heavy atom.